The molecule has 0 spiro atoms. The molecule has 232 valence electrons. The third-order valence-electron chi connectivity index (χ3n) is 7.67. The number of aliphatic hydroxyl groups is 1. The summed E-state index contributed by atoms with van der Waals surface area (Å²) in [5.41, 5.74) is 5.25. The highest BCUT2D eigenvalue weighted by molar-refractivity contribution is 7.89. The molecule has 2 amide bonds. The molecule has 4 N–H and O–H groups in total. The summed E-state index contributed by atoms with van der Waals surface area (Å²) >= 11 is 0.878. The lowest BCUT2D eigenvalue weighted by Crippen LogP contribution is -2.41. The summed E-state index contributed by atoms with van der Waals surface area (Å²) in [6, 6.07) is -0.367. The number of hydrazine groups is 1. The smallest absolute Gasteiger partial charge is 0.333 e. The van der Waals surface area contributed by atoms with Crippen LogP contribution >= 0.6 is 11.5 Å². The Bertz CT molecular complexity index is 906. The van der Waals surface area contributed by atoms with Gasteiger partial charge < -0.3 is 10.4 Å². The fourth-order valence-corrected chi connectivity index (χ4v) is 7.19. The number of carbonyl (C=O) groups is 1. The molecular formula is C28H54N6O4S2. The van der Waals surface area contributed by atoms with Gasteiger partial charge in [-0.05, 0) is 31.6 Å². The Hall–Kier alpha value is -1.50. The monoisotopic (exact) mass is 602 g/mol. The van der Waals surface area contributed by atoms with Crippen LogP contribution in [0.3, 0.4) is 0 Å². The van der Waals surface area contributed by atoms with Gasteiger partial charge in [0.2, 0.25) is 5.13 Å². The van der Waals surface area contributed by atoms with Crippen LogP contribution in [0.4, 0.5) is 9.93 Å². The van der Waals surface area contributed by atoms with Crippen LogP contribution in [0.2, 0.25) is 0 Å². The minimum Gasteiger partial charge on any atom is -0.393 e. The molecule has 10 nitrogen and oxygen atoms in total. The molecular weight excluding hydrogens is 548 g/mol. The molecule has 0 aromatic carbocycles. The maximum atomic E-state index is 12.8. The molecule has 0 saturated carbocycles. The van der Waals surface area contributed by atoms with Crippen molar-refractivity contribution < 1.29 is 18.3 Å². The molecule has 1 fully saturated rings. The number of piperidine rings is 1. The van der Waals surface area contributed by atoms with E-state index in [1.807, 2.05) is 0 Å². The second-order valence-electron chi connectivity index (χ2n) is 11.2. The Morgan fingerprint density at radius 1 is 0.925 bits per heavy atom. The van der Waals surface area contributed by atoms with Crippen LogP contribution in [-0.2, 0) is 10.0 Å². The second kappa shape index (κ2) is 20.4. The summed E-state index contributed by atoms with van der Waals surface area (Å²) < 4.78 is 30.8. The number of anilines is 1. The summed E-state index contributed by atoms with van der Waals surface area (Å²) in [4.78, 5) is 16.5. The number of carbonyl (C=O) groups excluding carboxylic acids is 1. The van der Waals surface area contributed by atoms with Crippen LogP contribution in [0, 0.1) is 5.92 Å². The van der Waals surface area contributed by atoms with Gasteiger partial charge in [-0.3, -0.25) is 5.43 Å². The topological polar surface area (TPSA) is 137 Å². The van der Waals surface area contributed by atoms with Gasteiger partial charge >= 0.3 is 6.03 Å². The number of nitrogens with one attached hydrogen (secondary N) is 3. The number of sulfonamides is 1. The van der Waals surface area contributed by atoms with Crippen LogP contribution in [0.1, 0.15) is 129 Å². The van der Waals surface area contributed by atoms with Crippen molar-refractivity contribution in [3.05, 3.63) is 0 Å². The highest BCUT2D eigenvalue weighted by Gasteiger charge is 2.32. The lowest BCUT2D eigenvalue weighted by Gasteiger charge is -2.27. The Morgan fingerprint density at radius 3 is 2.00 bits per heavy atom. The van der Waals surface area contributed by atoms with E-state index < -0.39 is 16.1 Å². The zero-order valence-corrected chi connectivity index (χ0v) is 26.5. The number of urea groups is 1. The van der Waals surface area contributed by atoms with E-state index in [1.165, 1.54) is 94.2 Å². The molecule has 2 rings (SSSR count). The Labute approximate surface area is 246 Å². The van der Waals surface area contributed by atoms with E-state index in [0.29, 0.717) is 25.3 Å². The molecule has 12 heteroatoms. The first-order valence-corrected chi connectivity index (χ1v) is 17.9. The minimum absolute atomic E-state index is 0.202. The first kappa shape index (κ1) is 34.7. The Kier molecular flexibility index (Phi) is 17.7. The molecule has 0 bridgehead atoms. The molecule has 40 heavy (non-hydrogen) atoms. The van der Waals surface area contributed by atoms with Gasteiger partial charge in [0.15, 0.2) is 0 Å². The summed E-state index contributed by atoms with van der Waals surface area (Å²) in [5.74, 6) is 0.457. The number of nitrogens with zero attached hydrogens (tertiary/aromatic N) is 3. The van der Waals surface area contributed by atoms with E-state index in [1.54, 1.807) is 0 Å². The normalized spacial score (nSPS) is 15.7. The molecule has 2 heterocycles. The molecule has 1 saturated heterocycles. The highest BCUT2D eigenvalue weighted by atomic mass is 32.2. The molecule has 1 atom stereocenters. The molecule has 1 aromatic rings. The molecule has 0 radical (unpaired) electrons. The average molecular weight is 603 g/mol. The first-order chi connectivity index (χ1) is 19.4. The lowest BCUT2D eigenvalue weighted by molar-refractivity contribution is 0.113. The largest absolute Gasteiger partial charge is 0.393 e. The van der Waals surface area contributed by atoms with E-state index >= 15 is 0 Å². The molecule has 1 aliphatic heterocycles. The van der Waals surface area contributed by atoms with Crippen LogP contribution in [0.5, 0.6) is 0 Å². The first-order valence-electron chi connectivity index (χ1n) is 15.7. The van der Waals surface area contributed by atoms with Crippen LogP contribution < -0.4 is 16.2 Å². The van der Waals surface area contributed by atoms with Gasteiger partial charge in [-0.1, -0.05) is 104 Å². The third kappa shape index (κ3) is 13.9. The van der Waals surface area contributed by atoms with Crippen molar-refractivity contribution in [2.75, 3.05) is 25.1 Å². The van der Waals surface area contributed by atoms with Gasteiger partial charge in [-0.25, -0.2) is 18.6 Å². The van der Waals surface area contributed by atoms with Crippen molar-refractivity contribution in [2.24, 2.45) is 5.92 Å². The van der Waals surface area contributed by atoms with E-state index in [2.05, 4.69) is 39.4 Å². The van der Waals surface area contributed by atoms with Gasteiger partial charge in [0.25, 0.3) is 15.2 Å². The van der Waals surface area contributed by atoms with Crippen molar-refractivity contribution in [3.63, 3.8) is 0 Å². The van der Waals surface area contributed by atoms with Gasteiger partial charge in [0.1, 0.15) is 0 Å². The van der Waals surface area contributed by atoms with Gasteiger partial charge in [0.05, 0.1) is 6.10 Å². The summed E-state index contributed by atoms with van der Waals surface area (Å²) in [6.45, 7) is 5.59. The van der Waals surface area contributed by atoms with Crippen LogP contribution in [0.15, 0.2) is 5.16 Å². The number of aliphatic hydroxyl groups excluding tert-OH is 1. The summed E-state index contributed by atoms with van der Waals surface area (Å²) in [7, 11) is -3.82. The third-order valence-corrected chi connectivity index (χ3v) is 10.1. The van der Waals surface area contributed by atoms with Gasteiger partial charge in [-0.2, -0.15) is 13.7 Å². The molecule has 0 aliphatic carbocycles. The van der Waals surface area contributed by atoms with Crippen molar-refractivity contribution in [3.8, 4) is 0 Å². The standard InChI is InChI=1S/C28H54N6O4S2/c1-3-5-7-9-11-12-14-16-18-24(17-15-13-10-8-6-4-2)23-29-26(36)31-32-27-30-28(33-39-27)40(37,38)34-21-19-25(35)20-22-34/h24-25,35H,3-23H2,1-2H3,(H2,29,31,36)(H,30,32,33). The summed E-state index contributed by atoms with van der Waals surface area (Å²) in [5, 5.41) is 12.5. The predicted octanol–water partition coefficient (Wildman–Crippen LogP) is 6.21. The maximum absolute atomic E-state index is 12.8. The zero-order chi connectivity index (χ0) is 29.1. The number of aromatic nitrogens is 2. The highest BCUT2D eigenvalue weighted by Crippen LogP contribution is 2.22. The molecule has 1 aliphatic rings. The van der Waals surface area contributed by atoms with E-state index in [0.717, 1.165) is 24.4 Å². The predicted molar refractivity (Wildman–Crippen MR) is 163 cm³/mol. The Morgan fingerprint density at radius 2 is 1.45 bits per heavy atom. The van der Waals surface area contributed by atoms with Gasteiger partial charge in [0, 0.05) is 31.2 Å². The fourth-order valence-electron chi connectivity index (χ4n) is 5.08. The van der Waals surface area contributed by atoms with E-state index in [-0.39, 0.29) is 29.4 Å². The SMILES string of the molecule is CCCCCCCCCCC(CCCCCCCC)CNC(=O)NNc1nc(S(=O)(=O)N2CCC(O)CC2)ns1. The second-order valence-corrected chi connectivity index (χ2v) is 13.7. The van der Waals surface area contributed by atoms with Crippen LogP contribution in [0.25, 0.3) is 0 Å². The number of rotatable bonds is 22. The van der Waals surface area contributed by atoms with Crippen molar-refractivity contribution in [2.45, 2.75) is 141 Å². The van der Waals surface area contributed by atoms with E-state index in [4.69, 9.17) is 0 Å². The lowest BCUT2D eigenvalue weighted by atomic mass is 9.94. The molecule has 1 aromatic heterocycles. The number of hydrogen-bond acceptors (Lipinski definition) is 8. The summed E-state index contributed by atoms with van der Waals surface area (Å²) in [6.07, 6.45) is 20.6. The average Bonchev–Trinajstić information content (AvgIpc) is 3.44. The fraction of sp³-hybridized carbons (Fsp3) is 0.893. The van der Waals surface area contributed by atoms with Gasteiger partial charge in [-0.15, -0.1) is 0 Å². The minimum atomic E-state index is -3.82. The molecule has 1 unspecified atom stereocenters. The number of amides is 2. The Balaban J connectivity index is 1.73. The van der Waals surface area contributed by atoms with Crippen molar-refractivity contribution in [1.29, 1.82) is 0 Å². The van der Waals surface area contributed by atoms with Crippen LogP contribution in [-0.4, -0.2) is 59.0 Å². The van der Waals surface area contributed by atoms with Crippen molar-refractivity contribution in [1.82, 2.24) is 24.4 Å². The van der Waals surface area contributed by atoms with Crippen molar-refractivity contribution >= 4 is 32.7 Å². The van der Waals surface area contributed by atoms with E-state index in [9.17, 15) is 18.3 Å². The maximum Gasteiger partial charge on any atom is 0.333 e. The zero-order valence-electron chi connectivity index (χ0n) is 24.8. The number of hydrogen-bond donors (Lipinski definition) is 4. The number of unbranched alkanes of at least 4 members (excludes halogenated alkanes) is 12. The quantitative estimate of drug-likeness (QED) is 0.0915.